The summed E-state index contributed by atoms with van der Waals surface area (Å²) in [6.45, 7) is -0.0351. The second kappa shape index (κ2) is 8.52. The quantitative estimate of drug-likeness (QED) is 0.677. The van der Waals surface area contributed by atoms with Gasteiger partial charge in [-0.2, -0.15) is 0 Å². The van der Waals surface area contributed by atoms with Crippen LogP contribution < -0.4 is 10.6 Å². The first-order chi connectivity index (χ1) is 13.1. The maximum absolute atomic E-state index is 13.8. The van der Waals surface area contributed by atoms with Crippen LogP contribution in [0.1, 0.15) is 10.5 Å². The van der Waals surface area contributed by atoms with E-state index in [4.69, 9.17) is 4.74 Å². The summed E-state index contributed by atoms with van der Waals surface area (Å²) in [6.07, 6.45) is 0. The zero-order valence-electron chi connectivity index (χ0n) is 14.4. The van der Waals surface area contributed by atoms with Crippen LogP contribution in [-0.2, 0) is 9.53 Å². The van der Waals surface area contributed by atoms with Gasteiger partial charge in [0.05, 0.1) is 0 Å². The largest absolute Gasteiger partial charge is 0.375 e. The Bertz CT molecular complexity index is 957. The van der Waals surface area contributed by atoms with Crippen LogP contribution in [0.15, 0.2) is 53.9 Å². The predicted octanol–water partition coefficient (Wildman–Crippen LogP) is 3.79. The molecule has 0 aliphatic carbocycles. The van der Waals surface area contributed by atoms with Crippen molar-refractivity contribution in [3.8, 4) is 10.6 Å². The number of hydrogen-bond donors (Lipinski definition) is 2. The fraction of sp³-hybridized carbons (Fsp3) is 0.105. The molecule has 0 aliphatic rings. The summed E-state index contributed by atoms with van der Waals surface area (Å²) in [5.74, 6) is -1.05. The van der Waals surface area contributed by atoms with Crippen molar-refractivity contribution in [3.05, 3.63) is 65.4 Å². The number of rotatable bonds is 6. The predicted molar refractivity (Wildman–Crippen MR) is 102 cm³/mol. The standard InChI is InChI=1S/C19H16FN3O3S/c1-26-10-17(24)21-12-6-8-13(9-7-12)22-18(25)16-11-27-19(23-16)14-4-2-3-5-15(14)20/h2-9,11H,10H2,1H3,(H,21,24)(H,22,25). The molecular formula is C19H16FN3O3S. The highest BCUT2D eigenvalue weighted by atomic mass is 32.1. The van der Waals surface area contributed by atoms with Crippen LogP contribution in [0.4, 0.5) is 15.8 Å². The molecule has 2 N–H and O–H groups in total. The van der Waals surface area contributed by atoms with Crippen molar-refractivity contribution in [1.29, 1.82) is 0 Å². The summed E-state index contributed by atoms with van der Waals surface area (Å²) >= 11 is 1.20. The van der Waals surface area contributed by atoms with E-state index in [1.54, 1.807) is 47.8 Å². The average molecular weight is 385 g/mol. The SMILES string of the molecule is COCC(=O)Nc1ccc(NC(=O)c2csc(-c3ccccc3F)n2)cc1. The number of carbonyl (C=O) groups excluding carboxylic acids is 2. The van der Waals surface area contributed by atoms with Crippen LogP contribution in [0.25, 0.3) is 10.6 Å². The van der Waals surface area contributed by atoms with Crippen molar-refractivity contribution in [1.82, 2.24) is 4.98 Å². The average Bonchev–Trinajstić information content (AvgIpc) is 3.14. The minimum absolute atomic E-state index is 0.0351. The van der Waals surface area contributed by atoms with Gasteiger partial charge in [-0.3, -0.25) is 9.59 Å². The smallest absolute Gasteiger partial charge is 0.275 e. The topological polar surface area (TPSA) is 80.3 Å². The van der Waals surface area contributed by atoms with Gasteiger partial charge in [-0.1, -0.05) is 12.1 Å². The lowest BCUT2D eigenvalue weighted by atomic mass is 10.2. The third-order valence-corrected chi connectivity index (χ3v) is 4.42. The highest BCUT2D eigenvalue weighted by Gasteiger charge is 2.14. The Labute approximate surface area is 159 Å². The number of benzene rings is 2. The van der Waals surface area contributed by atoms with Crippen molar-refractivity contribution in [2.24, 2.45) is 0 Å². The minimum Gasteiger partial charge on any atom is -0.375 e. The number of thiazole rings is 1. The first-order valence-electron chi connectivity index (χ1n) is 7.97. The van der Waals surface area contributed by atoms with Gasteiger partial charge in [0, 0.05) is 29.4 Å². The first-order valence-corrected chi connectivity index (χ1v) is 8.85. The Balaban J connectivity index is 1.66. The summed E-state index contributed by atoms with van der Waals surface area (Å²) in [6, 6.07) is 12.9. The summed E-state index contributed by atoms with van der Waals surface area (Å²) in [7, 11) is 1.44. The Kier molecular flexibility index (Phi) is 5.90. The summed E-state index contributed by atoms with van der Waals surface area (Å²) in [5.41, 5.74) is 1.70. The van der Waals surface area contributed by atoms with Gasteiger partial charge < -0.3 is 15.4 Å². The molecule has 0 spiro atoms. The summed E-state index contributed by atoms with van der Waals surface area (Å²) < 4.78 is 18.6. The van der Waals surface area contributed by atoms with Crippen molar-refractivity contribution in [2.45, 2.75) is 0 Å². The molecular weight excluding hydrogens is 369 g/mol. The number of anilines is 2. The molecule has 2 aromatic carbocycles. The number of aromatic nitrogens is 1. The van der Waals surface area contributed by atoms with E-state index in [0.29, 0.717) is 21.9 Å². The Morgan fingerprint density at radius 2 is 1.74 bits per heavy atom. The maximum atomic E-state index is 13.8. The number of methoxy groups -OCH3 is 1. The van der Waals surface area contributed by atoms with Gasteiger partial charge in [0.2, 0.25) is 5.91 Å². The highest BCUT2D eigenvalue weighted by molar-refractivity contribution is 7.13. The molecule has 0 saturated heterocycles. The molecule has 3 rings (SSSR count). The molecule has 6 nitrogen and oxygen atoms in total. The van der Waals surface area contributed by atoms with Crippen molar-refractivity contribution in [2.75, 3.05) is 24.4 Å². The third kappa shape index (κ3) is 4.75. The molecule has 0 unspecified atom stereocenters. The molecule has 0 saturated carbocycles. The normalized spacial score (nSPS) is 10.4. The molecule has 8 heteroatoms. The van der Waals surface area contributed by atoms with Crippen LogP contribution in [0.5, 0.6) is 0 Å². The van der Waals surface area contributed by atoms with Gasteiger partial charge >= 0.3 is 0 Å². The van der Waals surface area contributed by atoms with Crippen LogP contribution in [-0.4, -0.2) is 30.5 Å². The lowest BCUT2D eigenvalue weighted by Crippen LogP contribution is -2.17. The number of halogens is 1. The van der Waals surface area contributed by atoms with Gasteiger partial charge in [0.1, 0.15) is 23.1 Å². The molecule has 27 heavy (non-hydrogen) atoms. The van der Waals surface area contributed by atoms with Crippen LogP contribution >= 0.6 is 11.3 Å². The number of hydrogen-bond acceptors (Lipinski definition) is 5. The van der Waals surface area contributed by atoms with E-state index >= 15 is 0 Å². The maximum Gasteiger partial charge on any atom is 0.275 e. The Morgan fingerprint density at radius 1 is 1.07 bits per heavy atom. The monoisotopic (exact) mass is 385 g/mol. The van der Waals surface area contributed by atoms with Crippen molar-refractivity contribution in [3.63, 3.8) is 0 Å². The molecule has 1 aromatic heterocycles. The van der Waals surface area contributed by atoms with Gasteiger partial charge in [-0.05, 0) is 36.4 Å². The number of nitrogens with zero attached hydrogens (tertiary/aromatic N) is 1. The zero-order valence-corrected chi connectivity index (χ0v) is 15.2. The zero-order chi connectivity index (χ0) is 19.2. The molecule has 0 radical (unpaired) electrons. The van der Waals surface area contributed by atoms with Gasteiger partial charge in [0.25, 0.3) is 5.91 Å². The Morgan fingerprint density at radius 3 is 2.41 bits per heavy atom. The van der Waals surface area contributed by atoms with E-state index in [2.05, 4.69) is 15.6 Å². The summed E-state index contributed by atoms with van der Waals surface area (Å²) in [4.78, 5) is 28.0. The second-order valence-electron chi connectivity index (χ2n) is 5.53. The molecule has 1 heterocycles. The fourth-order valence-corrected chi connectivity index (χ4v) is 3.12. The molecule has 2 amide bonds. The van der Waals surface area contributed by atoms with Crippen molar-refractivity contribution >= 4 is 34.5 Å². The van der Waals surface area contributed by atoms with E-state index in [1.165, 1.54) is 24.5 Å². The van der Waals surface area contributed by atoms with Crippen LogP contribution in [0, 0.1) is 5.82 Å². The molecule has 0 bridgehead atoms. The number of carbonyl (C=O) groups is 2. The van der Waals surface area contributed by atoms with Crippen molar-refractivity contribution < 1.29 is 18.7 Å². The van der Waals surface area contributed by atoms with E-state index in [0.717, 1.165) is 0 Å². The number of amides is 2. The second-order valence-corrected chi connectivity index (χ2v) is 6.39. The van der Waals surface area contributed by atoms with Gasteiger partial charge in [0.15, 0.2) is 0 Å². The lowest BCUT2D eigenvalue weighted by molar-refractivity contribution is -0.119. The van der Waals surface area contributed by atoms with Crippen LogP contribution in [0.2, 0.25) is 0 Å². The molecule has 138 valence electrons. The third-order valence-electron chi connectivity index (χ3n) is 3.54. The molecule has 3 aromatic rings. The van der Waals surface area contributed by atoms with E-state index in [9.17, 15) is 14.0 Å². The summed E-state index contributed by atoms with van der Waals surface area (Å²) in [5, 5.41) is 7.40. The van der Waals surface area contributed by atoms with Gasteiger partial charge in [-0.25, -0.2) is 9.37 Å². The van der Waals surface area contributed by atoms with Crippen LogP contribution in [0.3, 0.4) is 0 Å². The molecule has 0 fully saturated rings. The van der Waals surface area contributed by atoms with Gasteiger partial charge in [-0.15, -0.1) is 11.3 Å². The van der Waals surface area contributed by atoms with E-state index in [-0.39, 0.29) is 24.0 Å². The fourth-order valence-electron chi connectivity index (χ4n) is 2.30. The van der Waals surface area contributed by atoms with E-state index in [1.807, 2.05) is 0 Å². The Hall–Kier alpha value is -3.10. The molecule has 0 atom stereocenters. The number of nitrogens with one attached hydrogen (secondary N) is 2. The highest BCUT2D eigenvalue weighted by Crippen LogP contribution is 2.26. The minimum atomic E-state index is -0.398. The number of ether oxygens (including phenoxy) is 1. The molecule has 0 aliphatic heterocycles. The van der Waals surface area contributed by atoms with E-state index < -0.39 is 5.91 Å². The lowest BCUT2D eigenvalue weighted by Gasteiger charge is -2.07. The first kappa shape index (κ1) is 18.7.